The third-order valence-corrected chi connectivity index (χ3v) is 6.93. The number of hydrogen-bond donors (Lipinski definition) is 1. The van der Waals surface area contributed by atoms with E-state index in [1.165, 1.54) is 27.5 Å². The predicted octanol–water partition coefficient (Wildman–Crippen LogP) is 4.04. The van der Waals surface area contributed by atoms with Crippen LogP contribution in [0.4, 0.5) is 5.69 Å². The summed E-state index contributed by atoms with van der Waals surface area (Å²) in [4.78, 5) is 2.32. The standard InChI is InChI=1S/C22H27N2OS/c1-4-18-9-11-19(12-10-18)22(25)15-23(21-24(22)13-6-14-26-21)20-8-5-7-16(2)17(20)3/h5,7-12,25H,4,6,13-15H2,1-3H3/q+1/t22-/m1/s1. The normalized spacial score (nSPS) is 22.7. The monoisotopic (exact) mass is 367 g/mol. The number of hydrogen-bond acceptors (Lipinski definition) is 3. The summed E-state index contributed by atoms with van der Waals surface area (Å²) in [6.07, 6.45) is 2.12. The molecule has 0 amide bonds. The molecule has 0 radical (unpaired) electrons. The maximum absolute atomic E-state index is 11.8. The fourth-order valence-electron chi connectivity index (χ4n) is 3.97. The van der Waals surface area contributed by atoms with Crippen LogP contribution in [-0.4, -0.2) is 33.7 Å². The number of anilines is 1. The van der Waals surface area contributed by atoms with E-state index >= 15 is 0 Å². The van der Waals surface area contributed by atoms with Crippen LogP contribution < -0.4 is 4.90 Å². The van der Waals surface area contributed by atoms with Crippen LogP contribution in [0.3, 0.4) is 0 Å². The molecule has 0 aromatic heterocycles. The Hall–Kier alpha value is -1.78. The van der Waals surface area contributed by atoms with Gasteiger partial charge in [-0.1, -0.05) is 43.3 Å². The van der Waals surface area contributed by atoms with E-state index in [0.717, 1.165) is 30.7 Å². The van der Waals surface area contributed by atoms with Gasteiger partial charge in [-0.25, -0.2) is 9.48 Å². The number of rotatable bonds is 3. The summed E-state index contributed by atoms with van der Waals surface area (Å²) in [6, 6.07) is 14.9. The van der Waals surface area contributed by atoms with Gasteiger partial charge in [-0.05, 0) is 61.2 Å². The van der Waals surface area contributed by atoms with Gasteiger partial charge in [-0.15, -0.1) is 0 Å². The molecule has 1 N–H and O–H groups in total. The van der Waals surface area contributed by atoms with E-state index in [1.807, 2.05) is 11.8 Å². The molecule has 2 aliphatic rings. The average molecular weight is 368 g/mol. The number of β-amino-alcohol motifs (C(OH)–C–C–N with tert-alkyl or cyclic N) is 1. The number of amidine groups is 1. The summed E-state index contributed by atoms with van der Waals surface area (Å²) < 4.78 is 2.21. The maximum Gasteiger partial charge on any atom is 0.316 e. The van der Waals surface area contributed by atoms with Crippen molar-refractivity contribution < 1.29 is 9.68 Å². The third kappa shape index (κ3) is 2.76. The molecule has 26 heavy (non-hydrogen) atoms. The largest absolute Gasteiger partial charge is 0.346 e. The molecule has 0 saturated heterocycles. The lowest BCUT2D eigenvalue weighted by Crippen LogP contribution is -2.41. The Labute approximate surface area is 160 Å². The molecule has 0 fully saturated rings. The van der Waals surface area contributed by atoms with Gasteiger partial charge in [0.15, 0.2) is 6.54 Å². The highest BCUT2D eigenvalue weighted by Gasteiger charge is 2.53. The van der Waals surface area contributed by atoms with Crippen molar-refractivity contribution in [1.29, 1.82) is 0 Å². The van der Waals surface area contributed by atoms with Crippen molar-refractivity contribution in [2.45, 2.75) is 39.3 Å². The Morgan fingerprint density at radius 3 is 2.65 bits per heavy atom. The molecule has 0 bridgehead atoms. The molecule has 1 atom stereocenters. The van der Waals surface area contributed by atoms with Gasteiger partial charge in [0.25, 0.3) is 5.72 Å². The second-order valence-corrected chi connectivity index (χ2v) is 8.37. The van der Waals surface area contributed by atoms with Crippen molar-refractivity contribution in [3.8, 4) is 0 Å². The number of nitrogens with zero attached hydrogens (tertiary/aromatic N) is 2. The van der Waals surface area contributed by atoms with Gasteiger partial charge in [-0.3, -0.25) is 0 Å². The first-order valence-electron chi connectivity index (χ1n) is 9.47. The fraction of sp³-hybridized carbons (Fsp3) is 0.409. The highest BCUT2D eigenvalue weighted by molar-refractivity contribution is 8.13. The van der Waals surface area contributed by atoms with Gasteiger partial charge in [0.1, 0.15) is 5.69 Å². The molecule has 4 heteroatoms. The number of aryl methyl sites for hydroxylation is 2. The Balaban J connectivity index is 1.80. The molecule has 2 aromatic rings. The molecule has 0 spiro atoms. The van der Waals surface area contributed by atoms with Gasteiger partial charge in [-0.2, -0.15) is 0 Å². The highest BCUT2D eigenvalue weighted by Crippen LogP contribution is 2.39. The molecule has 2 aromatic carbocycles. The van der Waals surface area contributed by atoms with Crippen molar-refractivity contribution in [1.82, 2.24) is 0 Å². The van der Waals surface area contributed by atoms with E-state index in [-0.39, 0.29) is 0 Å². The molecule has 0 unspecified atom stereocenters. The topological polar surface area (TPSA) is 26.5 Å². The quantitative estimate of drug-likeness (QED) is 0.830. The number of thioether (sulfide) groups is 1. The minimum atomic E-state index is -0.967. The number of aliphatic hydroxyl groups is 1. The zero-order chi connectivity index (χ0) is 18.3. The molecular weight excluding hydrogens is 340 g/mol. The van der Waals surface area contributed by atoms with E-state index < -0.39 is 5.72 Å². The molecule has 2 heterocycles. The molecule has 4 rings (SSSR count). The fourth-order valence-corrected chi connectivity index (χ4v) is 5.14. The lowest BCUT2D eigenvalue weighted by molar-refractivity contribution is -0.656. The molecule has 0 aliphatic carbocycles. The van der Waals surface area contributed by atoms with Gasteiger partial charge >= 0.3 is 5.17 Å². The third-order valence-electron chi connectivity index (χ3n) is 5.74. The predicted molar refractivity (Wildman–Crippen MR) is 110 cm³/mol. The minimum absolute atomic E-state index is 0.575. The van der Waals surface area contributed by atoms with Crippen LogP contribution >= 0.6 is 11.8 Å². The van der Waals surface area contributed by atoms with E-state index in [2.05, 4.69) is 72.7 Å². The second kappa shape index (κ2) is 6.75. The molecule has 0 saturated carbocycles. The Morgan fingerprint density at radius 1 is 1.15 bits per heavy atom. The Morgan fingerprint density at radius 2 is 1.92 bits per heavy atom. The van der Waals surface area contributed by atoms with Crippen molar-refractivity contribution in [3.05, 3.63) is 64.7 Å². The van der Waals surface area contributed by atoms with Crippen molar-refractivity contribution in [2.75, 3.05) is 23.7 Å². The Bertz CT molecular complexity index is 859. The lowest BCUT2D eigenvalue weighted by Gasteiger charge is -2.24. The summed E-state index contributed by atoms with van der Waals surface area (Å²) >= 11 is 1.86. The van der Waals surface area contributed by atoms with Gasteiger partial charge in [0, 0.05) is 11.3 Å². The lowest BCUT2D eigenvalue weighted by atomic mass is 9.99. The van der Waals surface area contributed by atoms with Gasteiger partial charge in [0.05, 0.1) is 6.54 Å². The van der Waals surface area contributed by atoms with Crippen LogP contribution in [-0.2, 0) is 12.1 Å². The Kier molecular flexibility index (Phi) is 4.57. The van der Waals surface area contributed by atoms with Crippen LogP contribution in [0, 0.1) is 13.8 Å². The second-order valence-electron chi connectivity index (χ2n) is 7.31. The number of benzene rings is 2. The minimum Gasteiger partial charge on any atom is -0.346 e. The summed E-state index contributed by atoms with van der Waals surface area (Å²) in [5.41, 5.74) is 5.11. The van der Waals surface area contributed by atoms with E-state index in [0.29, 0.717) is 6.54 Å². The molecule has 2 aliphatic heterocycles. The molecular formula is C22H27N2OS+. The van der Waals surface area contributed by atoms with Crippen LogP contribution in [0.15, 0.2) is 42.5 Å². The van der Waals surface area contributed by atoms with Crippen LogP contribution in [0.1, 0.15) is 35.6 Å². The SMILES string of the molecule is CCc1ccc([C@]2(O)CN(c3cccc(C)c3C)C3=[N+]2CCCS3)cc1. The van der Waals surface area contributed by atoms with Crippen molar-refractivity contribution in [3.63, 3.8) is 0 Å². The van der Waals surface area contributed by atoms with E-state index in [9.17, 15) is 5.11 Å². The van der Waals surface area contributed by atoms with Crippen LogP contribution in [0.2, 0.25) is 0 Å². The summed E-state index contributed by atoms with van der Waals surface area (Å²) in [7, 11) is 0. The smallest absolute Gasteiger partial charge is 0.316 e. The van der Waals surface area contributed by atoms with Crippen molar-refractivity contribution >= 4 is 22.6 Å². The summed E-state index contributed by atoms with van der Waals surface area (Å²) in [5, 5.41) is 13.0. The first kappa shape index (κ1) is 17.6. The average Bonchev–Trinajstić information content (AvgIpc) is 2.98. The van der Waals surface area contributed by atoms with Crippen LogP contribution in [0.25, 0.3) is 0 Å². The van der Waals surface area contributed by atoms with Crippen LogP contribution in [0.5, 0.6) is 0 Å². The maximum atomic E-state index is 11.8. The van der Waals surface area contributed by atoms with Gasteiger partial charge in [0.2, 0.25) is 0 Å². The van der Waals surface area contributed by atoms with E-state index in [1.54, 1.807) is 0 Å². The first-order chi connectivity index (χ1) is 12.5. The zero-order valence-corrected chi connectivity index (χ0v) is 16.6. The zero-order valence-electron chi connectivity index (χ0n) is 15.8. The summed E-state index contributed by atoms with van der Waals surface area (Å²) in [5.74, 6) is 1.11. The van der Waals surface area contributed by atoms with Crippen molar-refractivity contribution in [2.24, 2.45) is 0 Å². The van der Waals surface area contributed by atoms with E-state index in [4.69, 9.17) is 0 Å². The highest BCUT2D eigenvalue weighted by atomic mass is 32.2. The molecule has 3 nitrogen and oxygen atoms in total. The summed E-state index contributed by atoms with van der Waals surface area (Å²) in [6.45, 7) is 7.97. The first-order valence-corrected chi connectivity index (χ1v) is 10.5. The molecule has 136 valence electrons. The van der Waals surface area contributed by atoms with Gasteiger partial charge < -0.3 is 5.11 Å².